The van der Waals surface area contributed by atoms with Gasteiger partial charge >= 0.3 is 0 Å². The van der Waals surface area contributed by atoms with E-state index >= 15 is 0 Å². The van der Waals surface area contributed by atoms with Crippen molar-refractivity contribution >= 4 is 5.91 Å². The van der Waals surface area contributed by atoms with Crippen molar-refractivity contribution in [3.63, 3.8) is 0 Å². The summed E-state index contributed by atoms with van der Waals surface area (Å²) in [5.41, 5.74) is -1.03. The zero-order valence-corrected chi connectivity index (χ0v) is 12.2. The van der Waals surface area contributed by atoms with E-state index in [0.717, 1.165) is 0 Å². The topological polar surface area (TPSA) is 95.3 Å². The molecule has 2 aromatic heterocycles. The summed E-state index contributed by atoms with van der Waals surface area (Å²) in [6.45, 7) is 4.97. The van der Waals surface area contributed by atoms with Gasteiger partial charge in [-0.2, -0.15) is 0 Å². The van der Waals surface area contributed by atoms with E-state index in [-0.39, 0.29) is 17.5 Å². The van der Waals surface area contributed by atoms with E-state index in [1.807, 2.05) is 0 Å². The fraction of sp³-hybridized carbons (Fsp3) is 0.333. The quantitative estimate of drug-likeness (QED) is 0.789. The molecule has 1 amide bonds. The molecule has 0 radical (unpaired) electrons. The molecule has 21 heavy (non-hydrogen) atoms. The molecule has 1 atom stereocenters. The summed E-state index contributed by atoms with van der Waals surface area (Å²) in [4.78, 5) is 26.5. The number of pyridine rings is 1. The summed E-state index contributed by atoms with van der Waals surface area (Å²) in [6.07, 6.45) is 1.36. The molecule has 2 heterocycles. The van der Waals surface area contributed by atoms with Crippen molar-refractivity contribution in [3.8, 4) is 0 Å². The molecule has 0 spiro atoms. The third-order valence-corrected chi connectivity index (χ3v) is 3.17. The van der Waals surface area contributed by atoms with Crippen molar-refractivity contribution in [1.29, 1.82) is 0 Å². The maximum Gasteiger partial charge on any atom is 0.256 e. The van der Waals surface area contributed by atoms with Gasteiger partial charge in [-0.1, -0.05) is 0 Å². The van der Waals surface area contributed by atoms with Crippen LogP contribution in [-0.2, 0) is 5.60 Å². The number of carbonyl (C=O) groups is 1. The van der Waals surface area contributed by atoms with E-state index in [1.54, 1.807) is 26.0 Å². The fourth-order valence-electron chi connectivity index (χ4n) is 1.91. The highest BCUT2D eigenvalue weighted by molar-refractivity contribution is 5.93. The highest BCUT2D eigenvalue weighted by Gasteiger charge is 2.27. The van der Waals surface area contributed by atoms with Gasteiger partial charge in [-0.3, -0.25) is 9.59 Å². The zero-order valence-electron chi connectivity index (χ0n) is 12.2. The number of amides is 1. The van der Waals surface area contributed by atoms with Gasteiger partial charge in [0, 0.05) is 18.0 Å². The molecule has 0 saturated heterocycles. The molecule has 6 nitrogen and oxygen atoms in total. The van der Waals surface area contributed by atoms with Crippen LogP contribution in [0.25, 0.3) is 0 Å². The Bertz CT molecular complexity index is 712. The standard InChI is InChI=1S/C15H18N2O4/c1-9-6-12(18)11(7-16-9)14(19)17-8-15(3,20)13-5-4-10(2)21-13/h4-7,20H,8H2,1-3H3,(H,16,18)(H,17,19). The first kappa shape index (κ1) is 15.1. The summed E-state index contributed by atoms with van der Waals surface area (Å²) < 4.78 is 5.36. The molecule has 0 aromatic carbocycles. The van der Waals surface area contributed by atoms with Crippen LogP contribution in [0.3, 0.4) is 0 Å². The molecule has 0 aliphatic rings. The molecule has 0 saturated carbocycles. The van der Waals surface area contributed by atoms with Crippen molar-refractivity contribution in [2.24, 2.45) is 0 Å². The second kappa shape index (κ2) is 5.57. The third-order valence-electron chi connectivity index (χ3n) is 3.17. The second-order valence-corrected chi connectivity index (χ2v) is 5.26. The lowest BCUT2D eigenvalue weighted by Gasteiger charge is -2.21. The molecule has 112 valence electrons. The summed E-state index contributed by atoms with van der Waals surface area (Å²) in [5.74, 6) is 0.490. The minimum absolute atomic E-state index is 0.00651. The van der Waals surface area contributed by atoms with Crippen molar-refractivity contribution in [1.82, 2.24) is 10.3 Å². The Balaban J connectivity index is 2.08. The number of nitrogens with one attached hydrogen (secondary N) is 2. The second-order valence-electron chi connectivity index (χ2n) is 5.26. The molecular weight excluding hydrogens is 272 g/mol. The number of aromatic nitrogens is 1. The number of aryl methyl sites for hydroxylation is 2. The molecule has 6 heteroatoms. The number of rotatable bonds is 4. The van der Waals surface area contributed by atoms with Gasteiger partial charge in [0.1, 0.15) is 22.7 Å². The Morgan fingerprint density at radius 3 is 2.71 bits per heavy atom. The van der Waals surface area contributed by atoms with Crippen LogP contribution >= 0.6 is 0 Å². The predicted octanol–water partition coefficient (Wildman–Crippen LogP) is 1.22. The zero-order chi connectivity index (χ0) is 15.6. The van der Waals surface area contributed by atoms with E-state index in [9.17, 15) is 14.7 Å². The first-order valence-corrected chi connectivity index (χ1v) is 6.56. The Labute approximate surface area is 121 Å². The van der Waals surface area contributed by atoms with Gasteiger partial charge < -0.3 is 19.8 Å². The first-order chi connectivity index (χ1) is 9.79. The molecular formula is C15H18N2O4. The molecule has 0 aliphatic heterocycles. The maximum absolute atomic E-state index is 12.0. The number of hydrogen-bond donors (Lipinski definition) is 3. The van der Waals surface area contributed by atoms with Crippen LogP contribution in [0.15, 0.2) is 33.6 Å². The summed E-state index contributed by atoms with van der Waals surface area (Å²) >= 11 is 0. The lowest BCUT2D eigenvalue weighted by Crippen LogP contribution is -2.39. The van der Waals surface area contributed by atoms with Crippen LogP contribution in [0, 0.1) is 13.8 Å². The van der Waals surface area contributed by atoms with E-state index in [1.165, 1.54) is 19.2 Å². The summed E-state index contributed by atoms with van der Waals surface area (Å²) in [5, 5.41) is 12.9. The van der Waals surface area contributed by atoms with E-state index in [0.29, 0.717) is 17.2 Å². The minimum atomic E-state index is -1.35. The summed E-state index contributed by atoms with van der Waals surface area (Å²) in [6, 6.07) is 4.74. The monoisotopic (exact) mass is 290 g/mol. The highest BCUT2D eigenvalue weighted by Crippen LogP contribution is 2.21. The van der Waals surface area contributed by atoms with Crippen LogP contribution in [0.2, 0.25) is 0 Å². The number of carbonyl (C=O) groups excluding carboxylic acids is 1. The van der Waals surface area contributed by atoms with Gasteiger partial charge in [-0.05, 0) is 32.9 Å². The van der Waals surface area contributed by atoms with E-state index in [2.05, 4.69) is 10.3 Å². The normalized spacial score (nSPS) is 13.7. The largest absolute Gasteiger partial charge is 0.463 e. The van der Waals surface area contributed by atoms with Gasteiger partial charge in [-0.25, -0.2) is 0 Å². The lowest BCUT2D eigenvalue weighted by molar-refractivity contribution is 0.0323. The fourth-order valence-corrected chi connectivity index (χ4v) is 1.91. The van der Waals surface area contributed by atoms with Gasteiger partial charge in [0.15, 0.2) is 5.43 Å². The van der Waals surface area contributed by atoms with Crippen molar-refractivity contribution in [2.45, 2.75) is 26.4 Å². The van der Waals surface area contributed by atoms with Crippen LogP contribution < -0.4 is 10.7 Å². The van der Waals surface area contributed by atoms with Gasteiger partial charge in [0.05, 0.1) is 6.54 Å². The Kier molecular flexibility index (Phi) is 3.99. The van der Waals surface area contributed by atoms with Crippen LogP contribution in [0.1, 0.15) is 34.5 Å². The average Bonchev–Trinajstić information content (AvgIpc) is 2.84. The predicted molar refractivity (Wildman–Crippen MR) is 77.1 cm³/mol. The number of furan rings is 1. The van der Waals surface area contributed by atoms with Gasteiger partial charge in [-0.15, -0.1) is 0 Å². The van der Waals surface area contributed by atoms with E-state index in [4.69, 9.17) is 4.42 Å². The van der Waals surface area contributed by atoms with Crippen LogP contribution in [-0.4, -0.2) is 22.5 Å². The van der Waals surface area contributed by atoms with Crippen molar-refractivity contribution < 1.29 is 14.3 Å². The summed E-state index contributed by atoms with van der Waals surface area (Å²) in [7, 11) is 0. The van der Waals surface area contributed by atoms with Crippen LogP contribution in [0.4, 0.5) is 0 Å². The molecule has 0 bridgehead atoms. The van der Waals surface area contributed by atoms with Crippen molar-refractivity contribution in [2.75, 3.05) is 6.54 Å². The molecule has 2 rings (SSSR count). The van der Waals surface area contributed by atoms with E-state index < -0.39 is 11.5 Å². The Morgan fingerprint density at radius 2 is 2.14 bits per heavy atom. The number of aliphatic hydroxyl groups is 1. The number of aromatic amines is 1. The molecule has 1 unspecified atom stereocenters. The number of hydrogen-bond acceptors (Lipinski definition) is 4. The SMILES string of the molecule is Cc1cc(=O)c(C(=O)NCC(C)(O)c2ccc(C)o2)c[nH]1. The smallest absolute Gasteiger partial charge is 0.256 e. The Hall–Kier alpha value is -2.34. The first-order valence-electron chi connectivity index (χ1n) is 6.56. The highest BCUT2D eigenvalue weighted by atomic mass is 16.4. The third kappa shape index (κ3) is 3.41. The molecule has 2 aromatic rings. The van der Waals surface area contributed by atoms with Gasteiger partial charge in [0.25, 0.3) is 5.91 Å². The van der Waals surface area contributed by atoms with Gasteiger partial charge in [0.2, 0.25) is 0 Å². The van der Waals surface area contributed by atoms with Crippen LogP contribution in [0.5, 0.6) is 0 Å². The minimum Gasteiger partial charge on any atom is -0.463 e. The van der Waals surface area contributed by atoms with Crippen molar-refractivity contribution in [3.05, 3.63) is 57.4 Å². The lowest BCUT2D eigenvalue weighted by atomic mass is 10.0. The molecule has 0 aliphatic carbocycles. The molecule has 3 N–H and O–H groups in total. The number of H-pyrrole nitrogens is 1. The Morgan fingerprint density at radius 1 is 1.43 bits per heavy atom. The maximum atomic E-state index is 12.0. The molecule has 0 fully saturated rings. The average molecular weight is 290 g/mol.